The summed E-state index contributed by atoms with van der Waals surface area (Å²) in [7, 11) is 0. The van der Waals surface area contributed by atoms with Gasteiger partial charge in [0.15, 0.2) is 0 Å². The lowest BCUT2D eigenvalue weighted by molar-refractivity contribution is 0.276. The summed E-state index contributed by atoms with van der Waals surface area (Å²) < 4.78 is 0. The average Bonchev–Trinajstić information content (AvgIpc) is 2.87. The maximum atomic E-state index is 11.1. The lowest BCUT2D eigenvalue weighted by Gasteiger charge is -2.00. The summed E-state index contributed by atoms with van der Waals surface area (Å²) in [5.41, 5.74) is 0.286. The molecule has 0 aliphatic heterocycles. The predicted molar refractivity (Wildman–Crippen MR) is 47.2 cm³/mol. The van der Waals surface area contributed by atoms with Gasteiger partial charge < -0.3 is 10.1 Å². The monoisotopic (exact) mass is 180 g/mol. The van der Waals surface area contributed by atoms with Crippen LogP contribution in [-0.2, 0) is 13.0 Å². The Morgan fingerprint density at radius 3 is 3.00 bits per heavy atom. The van der Waals surface area contributed by atoms with Crippen LogP contribution in [0.25, 0.3) is 0 Å². The number of aromatic amines is 1. The third-order valence-electron chi connectivity index (χ3n) is 2.18. The number of hydrogen-bond donors (Lipinski definition) is 2. The first-order valence-corrected chi connectivity index (χ1v) is 4.48. The molecule has 0 aromatic carbocycles. The largest absolute Gasteiger partial charge is 0.390 e. The van der Waals surface area contributed by atoms with E-state index in [9.17, 15) is 4.79 Å². The zero-order valence-electron chi connectivity index (χ0n) is 7.29. The summed E-state index contributed by atoms with van der Waals surface area (Å²) in [6, 6.07) is 1.33. The summed E-state index contributed by atoms with van der Waals surface area (Å²) in [6.45, 7) is -0.165. The van der Waals surface area contributed by atoms with E-state index in [-0.39, 0.29) is 12.2 Å². The zero-order valence-corrected chi connectivity index (χ0v) is 7.29. The fourth-order valence-corrected chi connectivity index (χ4v) is 1.34. The second-order valence-corrected chi connectivity index (χ2v) is 3.49. The molecule has 4 heteroatoms. The molecule has 0 unspecified atom stereocenters. The molecule has 2 N–H and O–H groups in total. The predicted octanol–water partition coefficient (Wildman–Crippen LogP) is 0.215. The smallest absolute Gasteiger partial charge is 0.251 e. The first-order valence-electron chi connectivity index (χ1n) is 4.48. The van der Waals surface area contributed by atoms with Gasteiger partial charge in [-0.2, -0.15) is 0 Å². The van der Waals surface area contributed by atoms with Crippen molar-refractivity contribution in [2.45, 2.75) is 25.9 Å². The molecule has 0 saturated heterocycles. The Bertz CT molecular complexity index is 355. The van der Waals surface area contributed by atoms with Gasteiger partial charge in [-0.05, 0) is 18.8 Å². The average molecular weight is 180 g/mol. The molecule has 13 heavy (non-hydrogen) atoms. The first kappa shape index (κ1) is 8.44. The second kappa shape index (κ2) is 3.30. The molecule has 4 nitrogen and oxygen atoms in total. The molecular weight excluding hydrogens is 168 g/mol. The quantitative estimate of drug-likeness (QED) is 0.699. The maximum Gasteiger partial charge on any atom is 0.251 e. The third-order valence-corrected chi connectivity index (χ3v) is 2.18. The van der Waals surface area contributed by atoms with Crippen molar-refractivity contribution in [3.05, 3.63) is 27.9 Å². The van der Waals surface area contributed by atoms with Crippen LogP contribution in [0.2, 0.25) is 0 Å². The number of H-pyrrole nitrogens is 1. The van der Waals surface area contributed by atoms with E-state index in [1.165, 1.54) is 18.9 Å². The first-order chi connectivity index (χ1) is 6.28. The standard InChI is InChI=1S/C9H12N2O2/c12-5-7-4-9(13)11-8(10-7)3-6-1-2-6/h4,6,12H,1-3,5H2,(H,10,11,13). The molecule has 0 bridgehead atoms. The Morgan fingerprint density at radius 1 is 1.62 bits per heavy atom. The Kier molecular flexibility index (Phi) is 2.14. The number of nitrogens with one attached hydrogen (secondary N) is 1. The maximum absolute atomic E-state index is 11.1. The van der Waals surface area contributed by atoms with Gasteiger partial charge in [0.25, 0.3) is 5.56 Å². The van der Waals surface area contributed by atoms with E-state index in [4.69, 9.17) is 5.11 Å². The topological polar surface area (TPSA) is 66.0 Å². The molecule has 1 fully saturated rings. The van der Waals surface area contributed by atoms with Crippen LogP contribution in [0.15, 0.2) is 10.9 Å². The molecule has 0 radical (unpaired) electrons. The van der Waals surface area contributed by atoms with E-state index in [0.29, 0.717) is 17.4 Å². The fourth-order valence-electron chi connectivity index (χ4n) is 1.34. The highest BCUT2D eigenvalue weighted by Gasteiger charge is 2.22. The fraction of sp³-hybridized carbons (Fsp3) is 0.556. The van der Waals surface area contributed by atoms with Crippen LogP contribution < -0.4 is 5.56 Å². The van der Waals surface area contributed by atoms with Gasteiger partial charge in [-0.1, -0.05) is 0 Å². The lowest BCUT2D eigenvalue weighted by Crippen LogP contribution is -2.13. The SMILES string of the molecule is O=c1cc(CO)nc(CC2CC2)[nH]1. The Morgan fingerprint density at radius 2 is 2.38 bits per heavy atom. The number of nitrogens with zero attached hydrogens (tertiary/aromatic N) is 1. The molecule has 0 amide bonds. The number of aromatic nitrogens is 2. The van der Waals surface area contributed by atoms with Crippen LogP contribution >= 0.6 is 0 Å². The van der Waals surface area contributed by atoms with Crippen LogP contribution in [0.5, 0.6) is 0 Å². The summed E-state index contributed by atoms with van der Waals surface area (Å²) in [5.74, 6) is 1.40. The highest BCUT2D eigenvalue weighted by molar-refractivity contribution is 5.03. The van der Waals surface area contributed by atoms with E-state index in [1.807, 2.05) is 0 Å². The van der Waals surface area contributed by atoms with Crippen LogP contribution in [0.1, 0.15) is 24.4 Å². The minimum atomic E-state index is -0.172. The Labute approximate surface area is 75.6 Å². The molecule has 1 aliphatic carbocycles. The molecule has 0 atom stereocenters. The van der Waals surface area contributed by atoms with Gasteiger partial charge in [-0.15, -0.1) is 0 Å². The van der Waals surface area contributed by atoms with Crippen LogP contribution in [-0.4, -0.2) is 15.1 Å². The molecule has 70 valence electrons. The Hall–Kier alpha value is -1.16. The van der Waals surface area contributed by atoms with Gasteiger partial charge in [0, 0.05) is 12.5 Å². The summed E-state index contributed by atoms with van der Waals surface area (Å²) in [4.78, 5) is 17.9. The van der Waals surface area contributed by atoms with E-state index < -0.39 is 0 Å². The number of rotatable bonds is 3. The van der Waals surface area contributed by atoms with E-state index in [2.05, 4.69) is 9.97 Å². The lowest BCUT2D eigenvalue weighted by atomic mass is 10.3. The van der Waals surface area contributed by atoms with E-state index in [0.717, 1.165) is 6.42 Å². The van der Waals surface area contributed by atoms with Gasteiger partial charge >= 0.3 is 0 Å². The number of aliphatic hydroxyl groups excluding tert-OH is 1. The van der Waals surface area contributed by atoms with Crippen LogP contribution in [0.3, 0.4) is 0 Å². The zero-order chi connectivity index (χ0) is 9.26. The molecule has 2 rings (SSSR count). The molecular formula is C9H12N2O2. The molecule has 1 heterocycles. The Balaban J connectivity index is 2.22. The molecule has 0 spiro atoms. The van der Waals surface area contributed by atoms with Crippen LogP contribution in [0, 0.1) is 5.92 Å². The molecule has 1 aromatic heterocycles. The van der Waals surface area contributed by atoms with Crippen molar-refractivity contribution in [3.8, 4) is 0 Å². The van der Waals surface area contributed by atoms with E-state index in [1.54, 1.807) is 0 Å². The highest BCUT2D eigenvalue weighted by atomic mass is 16.3. The molecule has 1 aromatic rings. The van der Waals surface area contributed by atoms with Crippen molar-refractivity contribution < 1.29 is 5.11 Å². The minimum Gasteiger partial charge on any atom is -0.390 e. The summed E-state index contributed by atoms with van der Waals surface area (Å²) in [6.07, 6.45) is 3.29. The molecule has 1 saturated carbocycles. The van der Waals surface area contributed by atoms with Gasteiger partial charge in [0.05, 0.1) is 12.3 Å². The van der Waals surface area contributed by atoms with Crippen molar-refractivity contribution in [3.63, 3.8) is 0 Å². The summed E-state index contributed by atoms with van der Waals surface area (Å²) in [5, 5.41) is 8.82. The minimum absolute atomic E-state index is 0.165. The third kappa shape index (κ3) is 2.15. The normalized spacial score (nSPS) is 16.1. The second-order valence-electron chi connectivity index (χ2n) is 3.49. The number of hydrogen-bond acceptors (Lipinski definition) is 3. The summed E-state index contributed by atoms with van der Waals surface area (Å²) >= 11 is 0. The highest BCUT2D eigenvalue weighted by Crippen LogP contribution is 2.31. The van der Waals surface area contributed by atoms with E-state index >= 15 is 0 Å². The van der Waals surface area contributed by atoms with Gasteiger partial charge in [0.2, 0.25) is 0 Å². The number of aliphatic hydroxyl groups is 1. The van der Waals surface area contributed by atoms with Crippen molar-refractivity contribution in [2.75, 3.05) is 0 Å². The van der Waals surface area contributed by atoms with Gasteiger partial charge in [-0.25, -0.2) is 4.98 Å². The molecule has 1 aliphatic rings. The van der Waals surface area contributed by atoms with Crippen molar-refractivity contribution in [1.82, 2.24) is 9.97 Å². The van der Waals surface area contributed by atoms with Crippen molar-refractivity contribution >= 4 is 0 Å². The van der Waals surface area contributed by atoms with Gasteiger partial charge in [-0.3, -0.25) is 4.79 Å². The van der Waals surface area contributed by atoms with Crippen molar-refractivity contribution in [1.29, 1.82) is 0 Å². The van der Waals surface area contributed by atoms with Crippen LogP contribution in [0.4, 0.5) is 0 Å². The van der Waals surface area contributed by atoms with Gasteiger partial charge in [0.1, 0.15) is 5.82 Å². The van der Waals surface area contributed by atoms with Crippen molar-refractivity contribution in [2.24, 2.45) is 5.92 Å².